The third kappa shape index (κ3) is 14.0. The van der Waals surface area contributed by atoms with Crippen LogP contribution in [0.3, 0.4) is 0 Å². The number of anilines is 24. The topological polar surface area (TPSA) is 51.8 Å². The van der Waals surface area contributed by atoms with Crippen molar-refractivity contribution in [3.05, 3.63) is 288 Å². The predicted molar refractivity (Wildman–Crippen MR) is 543 cm³/mol. The van der Waals surface area contributed by atoms with Crippen LogP contribution in [0.25, 0.3) is 0 Å². The van der Waals surface area contributed by atoms with Gasteiger partial charge in [0.1, 0.15) is 49.3 Å². The Kier molecular flexibility index (Phi) is 18.0. The van der Waals surface area contributed by atoms with Crippen LogP contribution in [0, 0.1) is 41.5 Å². The average molecular weight is 1700 g/mol. The van der Waals surface area contributed by atoms with E-state index in [-0.39, 0.29) is 30.8 Å². The molecule has 12 aromatic rings. The molecule has 0 amide bonds. The second kappa shape index (κ2) is 34.4. The zero-order chi connectivity index (χ0) is 104. The van der Waals surface area contributed by atoms with Gasteiger partial charge in [-0.25, -0.2) is 0 Å². The average Bonchev–Trinajstić information content (AvgIpc) is 1.52. The highest BCUT2D eigenvalue weighted by Crippen LogP contribution is 2.57. The molecule has 16 heteroatoms. The Labute approximate surface area is 777 Å². The molecule has 8 aliphatic heterocycles. The lowest BCUT2D eigenvalue weighted by Crippen LogP contribution is -2.43. The van der Waals surface area contributed by atoms with Gasteiger partial charge in [-0.05, 0) is 331 Å². The van der Waals surface area contributed by atoms with Gasteiger partial charge in [0, 0.05) is 120 Å². The van der Waals surface area contributed by atoms with Gasteiger partial charge in [0.2, 0.25) is 0 Å². The summed E-state index contributed by atoms with van der Waals surface area (Å²) in [6, 6.07) is 80.3. The van der Waals surface area contributed by atoms with Crippen LogP contribution in [0.15, 0.2) is 255 Å². The number of hydrogen-bond donors (Lipinski definition) is 0. The Morgan fingerprint density at radius 2 is 0.468 bits per heavy atom. The van der Waals surface area contributed by atoms with E-state index in [1.807, 2.05) is 134 Å². The first-order valence-corrected chi connectivity index (χ1v) is 44.4. The van der Waals surface area contributed by atoms with Crippen LogP contribution in [0.5, 0.6) is 0 Å². The van der Waals surface area contributed by atoms with Gasteiger partial charge < -0.3 is 78.4 Å². The molecule has 0 radical (unpaired) electrons. The van der Waals surface area contributed by atoms with Gasteiger partial charge in [0.05, 0.1) is 93.7 Å². The van der Waals surface area contributed by atoms with Crippen molar-refractivity contribution in [3.63, 3.8) is 0 Å². The van der Waals surface area contributed by atoms with Gasteiger partial charge in [-0.1, -0.05) is 109 Å². The lowest BCUT2D eigenvalue weighted by atomic mass is 10.0. The molecule has 20 rings (SSSR count). The molecular formula is C110H132N16. The second-order valence-corrected chi connectivity index (χ2v) is 34.2. The molecule has 0 bridgehead atoms. The quantitative estimate of drug-likeness (QED) is 0.104. The van der Waals surface area contributed by atoms with Crippen molar-refractivity contribution in [2.24, 2.45) is 0 Å². The SMILES string of the molecule is CCN1c2ccccc2N(c2cc(C)cc(N3c4ccccc4N(CC)[C@@H]3C)c2C)[C@@H]1C.Cc1cc(N2c3ccccc3N(C)[C@H]2C)c(C)c(N2c3ccccc3N(C)[C@@H]2C)c1.[2H]C([2H])(C)N1c2ccccc2N(c2cccc(N3c4ccccc4N(C([2H])([2H])C([2H])([2H])[2H])[C@H]3C)c2C)[C@H]1C.[2H]C([2H])([2H])C([2H])(C)N1c2ccccc2N(c2cccc(N3c4ccccc4N(C([2H])(C([2H])([2H])[2H])C([2H])([2H])[2H])[C@H]3C)c2C)[C@H]1C. The minimum atomic E-state index is -3.17. The molecule has 1 unspecified atom stereocenters. The van der Waals surface area contributed by atoms with Crippen molar-refractivity contribution in [2.75, 3.05) is 119 Å². The molecule has 0 aromatic heterocycles. The number of hydrogen-bond acceptors (Lipinski definition) is 16. The summed E-state index contributed by atoms with van der Waals surface area (Å²) < 4.78 is 149. The fraction of sp³-hybridized carbons (Fsp3) is 0.345. The molecule has 16 nitrogen and oxygen atoms in total. The first-order valence-electron chi connectivity index (χ1n) is 53.4. The minimum absolute atomic E-state index is 0.265. The van der Waals surface area contributed by atoms with Crippen LogP contribution in [-0.2, 0) is 0 Å². The number of rotatable bonds is 14. The Balaban J connectivity index is 0.000000133. The van der Waals surface area contributed by atoms with E-state index in [1.165, 1.54) is 107 Å². The predicted octanol–water partition coefficient (Wildman–Crippen LogP) is 27.2. The van der Waals surface area contributed by atoms with Crippen LogP contribution in [0.1, 0.15) is 169 Å². The first-order chi connectivity index (χ1) is 67.7. The summed E-state index contributed by atoms with van der Waals surface area (Å²) in [7, 11) is 4.37. The zero-order valence-electron chi connectivity index (χ0n) is 94.4. The lowest BCUT2D eigenvalue weighted by molar-refractivity contribution is 0.603. The molecule has 8 heterocycles. The molecule has 0 saturated carbocycles. The van der Waals surface area contributed by atoms with E-state index in [9.17, 15) is 0 Å². The Hall–Kier alpha value is -12.6. The van der Waals surface area contributed by atoms with Crippen LogP contribution < -0.4 is 78.4 Å². The first kappa shape index (κ1) is 66.0. The van der Waals surface area contributed by atoms with E-state index in [2.05, 4.69) is 249 Å². The number of benzene rings is 12. The molecule has 9 atom stereocenters. The Morgan fingerprint density at radius 3 is 0.762 bits per heavy atom. The largest absolute Gasteiger partial charge is 0.353 e. The minimum Gasteiger partial charge on any atom is -0.353 e. The van der Waals surface area contributed by atoms with Gasteiger partial charge >= 0.3 is 0 Å². The standard InChI is InChI=1S/C29H36N4.C28H34N4.C27H32N4.C26H30N4/c1-19(2)30-22(6)32(28-15-10-8-13-26(28)30)24-17-12-18-25(21(24)5)33-23(7)31(20(3)4)27-14-9-11-16-29(27)33;1-7-29-21(5)31(25-15-11-9-13-23(25)29)27-17-19(3)18-28(20(27)4)32-22(6)30(8-2)24-14-10-12-16-26(24)32;1-6-28-20(4)30(26-15-10-8-13-24(26)28)22-17-12-18-23(19(22)3)31-21(5)29(7-2)25-14-9-11-16-27(25)31;1-17-15-25(29-19(3)27(5)21-11-7-9-13-23(21)29)18(2)26(16-17)30-20(4)28(6)22-12-8-10-14-24(22)30/h8-20,22-23H,1-7H3;9-18,21-22H,7-8H2,1-6H3;8-18,20-21H,6-7H2,1-5H3;7-16,19-20H,1-6H3/t22-,23+;21-,22+;20-,21+;19-,20+/i1D3,2D3,3D3,19D,20D;;1D3,6D2,7D2;/t20?,22-,23+;;m;/m1.1./s1. The molecule has 126 heavy (non-hydrogen) atoms. The van der Waals surface area contributed by atoms with Crippen LogP contribution in [0.2, 0.25) is 0 Å². The number of aryl methyl sites for hydroxylation is 2. The lowest BCUT2D eigenvalue weighted by Gasteiger charge is -2.36. The number of para-hydroxylation sites is 16. The summed E-state index contributed by atoms with van der Waals surface area (Å²) in [5, 5.41) is 0. The highest BCUT2D eigenvalue weighted by molar-refractivity contribution is 5.96. The summed E-state index contributed by atoms with van der Waals surface area (Å²) in [6.07, 6.45) is -1.25. The summed E-state index contributed by atoms with van der Waals surface area (Å²) in [6.45, 7) is 22.9. The maximum atomic E-state index is 9.00. The van der Waals surface area contributed by atoms with E-state index in [0.717, 1.165) is 64.0 Å². The van der Waals surface area contributed by atoms with E-state index < -0.39 is 70.9 Å². The van der Waals surface area contributed by atoms with Crippen molar-refractivity contribution in [3.8, 4) is 0 Å². The molecule has 0 saturated heterocycles. The molecule has 0 spiro atoms. The Bertz CT molecular complexity index is 6640. The van der Waals surface area contributed by atoms with Crippen molar-refractivity contribution in [1.29, 1.82) is 0 Å². The van der Waals surface area contributed by atoms with E-state index in [1.54, 1.807) is 72.2 Å². The fourth-order valence-electron chi connectivity index (χ4n) is 21.2. The van der Waals surface area contributed by atoms with Crippen molar-refractivity contribution in [2.45, 2.75) is 213 Å². The third-order valence-electron chi connectivity index (χ3n) is 27.3. The molecular weight excluding hydrogens is 1550 g/mol. The molecule has 0 fully saturated rings. The van der Waals surface area contributed by atoms with E-state index in [4.69, 9.17) is 24.7 Å². The van der Waals surface area contributed by atoms with Gasteiger partial charge in [-0.3, -0.25) is 0 Å². The van der Waals surface area contributed by atoms with Crippen molar-refractivity contribution < 1.29 is 24.7 Å². The van der Waals surface area contributed by atoms with Gasteiger partial charge in [-0.2, -0.15) is 0 Å². The van der Waals surface area contributed by atoms with E-state index in [0.29, 0.717) is 28.4 Å². The second-order valence-electron chi connectivity index (χ2n) is 34.2. The summed E-state index contributed by atoms with van der Waals surface area (Å²) in [4.78, 5) is 33.5. The monoisotopic (exact) mass is 1700 g/mol. The van der Waals surface area contributed by atoms with Crippen LogP contribution >= 0.6 is 0 Å². The van der Waals surface area contributed by atoms with Gasteiger partial charge in [-0.15, -0.1) is 0 Å². The molecule has 0 N–H and O–H groups in total. The van der Waals surface area contributed by atoms with Crippen molar-refractivity contribution in [1.82, 2.24) is 0 Å². The Morgan fingerprint density at radius 1 is 0.254 bits per heavy atom. The highest BCUT2D eigenvalue weighted by atomic mass is 15.5. The smallest absolute Gasteiger partial charge is 0.104 e. The maximum Gasteiger partial charge on any atom is 0.104 e. The summed E-state index contributed by atoms with van der Waals surface area (Å²) in [5.41, 5.74) is 30.8. The third-order valence-corrected chi connectivity index (χ3v) is 27.3. The molecule has 652 valence electrons. The maximum absolute atomic E-state index is 9.00. The summed E-state index contributed by atoms with van der Waals surface area (Å²) in [5.74, 6) is 0. The molecule has 0 aliphatic carbocycles. The van der Waals surface area contributed by atoms with Gasteiger partial charge in [0.15, 0.2) is 0 Å². The van der Waals surface area contributed by atoms with Gasteiger partial charge in [0.25, 0.3) is 0 Å². The fourth-order valence-corrected chi connectivity index (χ4v) is 21.2. The highest BCUT2D eigenvalue weighted by Gasteiger charge is 2.44. The normalized spacial score (nSPS) is 23.0. The zero-order valence-corrected chi connectivity index (χ0v) is 76.4. The molecule has 12 aromatic carbocycles. The summed E-state index contributed by atoms with van der Waals surface area (Å²) >= 11 is 0. The number of fused-ring (bicyclic) bond motifs is 8. The van der Waals surface area contributed by atoms with E-state index >= 15 is 0 Å². The van der Waals surface area contributed by atoms with Crippen LogP contribution in [-0.4, -0.2) is 102 Å². The van der Waals surface area contributed by atoms with Crippen molar-refractivity contribution >= 4 is 136 Å². The van der Waals surface area contributed by atoms with Crippen LogP contribution in [0.4, 0.5) is 136 Å². The number of nitrogens with zero attached hydrogens (tertiary/aromatic N) is 16. The molecule has 8 aliphatic rings.